The van der Waals surface area contributed by atoms with Crippen molar-refractivity contribution in [3.05, 3.63) is 84.4 Å². The van der Waals surface area contributed by atoms with E-state index in [9.17, 15) is 9.59 Å². The first kappa shape index (κ1) is 51.2. The SMILES string of the molecule is C=C/C(=C\N)c1ncn(N=C)/c(=N\CN)c1OC(C)C.CCC.CCC1CN(c2ccc3c(NC(=O)CCNC=O)nn(C)c3c2)CCN1Cc1cccc(SN2CC[B]C(C)C2)c1. The first-order valence-electron chi connectivity index (χ1n) is 22.2. The fraction of sp³-hybridized carbons (Fsp3) is 0.478. The van der Waals surface area contributed by atoms with E-state index in [0.717, 1.165) is 56.6 Å². The van der Waals surface area contributed by atoms with E-state index in [0.29, 0.717) is 53.1 Å². The highest BCUT2D eigenvalue weighted by Crippen LogP contribution is 2.31. The molecule has 16 nitrogen and oxygen atoms in total. The van der Waals surface area contributed by atoms with Crippen LogP contribution < -0.4 is 37.2 Å². The Morgan fingerprint density at radius 1 is 1.14 bits per heavy atom. The first-order valence-corrected chi connectivity index (χ1v) is 23.0. The van der Waals surface area contributed by atoms with Crippen molar-refractivity contribution < 1.29 is 14.3 Å². The summed E-state index contributed by atoms with van der Waals surface area (Å²) in [6, 6.07) is 15.9. The number of rotatable bonds is 17. The van der Waals surface area contributed by atoms with Crippen LogP contribution in [0, 0.1) is 0 Å². The molecule has 6 N–H and O–H groups in total. The van der Waals surface area contributed by atoms with Crippen molar-refractivity contribution >= 4 is 66.2 Å². The molecule has 0 bridgehead atoms. The molecule has 2 unspecified atom stereocenters. The summed E-state index contributed by atoms with van der Waals surface area (Å²) in [6.07, 6.45) is 8.70. The molecule has 345 valence electrons. The summed E-state index contributed by atoms with van der Waals surface area (Å²) in [5.74, 6) is 1.48. The Labute approximate surface area is 384 Å². The zero-order chi connectivity index (χ0) is 46.6. The Hall–Kier alpha value is -5.43. The van der Waals surface area contributed by atoms with Gasteiger partial charge in [0, 0.05) is 99.8 Å². The fourth-order valence-electron chi connectivity index (χ4n) is 7.42. The molecule has 4 heterocycles. The van der Waals surface area contributed by atoms with Crippen molar-refractivity contribution in [3.63, 3.8) is 0 Å². The van der Waals surface area contributed by atoms with Crippen molar-refractivity contribution in [3.8, 4) is 5.75 Å². The minimum Gasteiger partial charge on any atom is -0.485 e. The van der Waals surface area contributed by atoms with Crippen LogP contribution in [0.2, 0.25) is 12.1 Å². The van der Waals surface area contributed by atoms with Gasteiger partial charge in [-0.3, -0.25) is 19.2 Å². The number of allylic oxidation sites excluding steroid dienone is 2. The van der Waals surface area contributed by atoms with E-state index in [1.807, 2.05) is 37.5 Å². The van der Waals surface area contributed by atoms with Gasteiger partial charge in [-0.25, -0.2) is 19.0 Å². The molecule has 1 radical (unpaired) electrons. The summed E-state index contributed by atoms with van der Waals surface area (Å²) in [5, 5.41) is 14.7. The van der Waals surface area contributed by atoms with Crippen LogP contribution in [0.5, 0.6) is 5.75 Å². The Morgan fingerprint density at radius 2 is 1.92 bits per heavy atom. The van der Waals surface area contributed by atoms with E-state index in [-0.39, 0.29) is 25.1 Å². The largest absolute Gasteiger partial charge is 0.485 e. The Balaban J connectivity index is 0.000000327. The van der Waals surface area contributed by atoms with Crippen LogP contribution in [0.15, 0.2) is 82.6 Å². The van der Waals surface area contributed by atoms with Gasteiger partial charge in [-0.1, -0.05) is 71.0 Å². The van der Waals surface area contributed by atoms with Gasteiger partial charge in [-0.2, -0.15) is 10.2 Å². The van der Waals surface area contributed by atoms with E-state index >= 15 is 0 Å². The van der Waals surface area contributed by atoms with Gasteiger partial charge in [-0.15, -0.1) is 0 Å². The number of anilines is 2. The van der Waals surface area contributed by atoms with Gasteiger partial charge < -0.3 is 31.7 Å². The van der Waals surface area contributed by atoms with E-state index in [4.69, 9.17) is 16.2 Å². The molecule has 0 aliphatic carbocycles. The third-order valence-corrected chi connectivity index (χ3v) is 11.5. The molecule has 2 aromatic heterocycles. The lowest BCUT2D eigenvalue weighted by molar-refractivity contribution is -0.116. The summed E-state index contributed by atoms with van der Waals surface area (Å²) in [7, 11) is 4.34. The van der Waals surface area contributed by atoms with Crippen molar-refractivity contribution in [2.75, 3.05) is 56.2 Å². The van der Waals surface area contributed by atoms with Crippen molar-refractivity contribution in [1.29, 1.82) is 0 Å². The molecule has 0 spiro atoms. The molecule has 2 saturated heterocycles. The Kier molecular flexibility index (Phi) is 21.1. The molecule has 2 fully saturated rings. The molecule has 64 heavy (non-hydrogen) atoms. The third-order valence-electron chi connectivity index (χ3n) is 10.4. The molecular formula is C46H69BN13O3S. The molecule has 4 aromatic rings. The van der Waals surface area contributed by atoms with Crippen LogP contribution in [-0.4, -0.2) is 113 Å². The van der Waals surface area contributed by atoms with Crippen LogP contribution in [-0.2, 0) is 23.2 Å². The van der Waals surface area contributed by atoms with Crippen molar-refractivity contribution in [2.45, 2.75) is 96.5 Å². The maximum absolute atomic E-state index is 12.3. The normalized spacial score (nSPS) is 17.1. The van der Waals surface area contributed by atoms with Gasteiger partial charge in [0.25, 0.3) is 0 Å². The number of aromatic nitrogens is 4. The highest BCUT2D eigenvalue weighted by Gasteiger charge is 2.27. The highest BCUT2D eigenvalue weighted by atomic mass is 32.2. The lowest BCUT2D eigenvalue weighted by Gasteiger charge is -2.42. The van der Waals surface area contributed by atoms with Gasteiger partial charge in [0.15, 0.2) is 17.1 Å². The second-order valence-corrected chi connectivity index (χ2v) is 17.1. The van der Waals surface area contributed by atoms with E-state index in [1.165, 1.54) is 46.1 Å². The number of benzene rings is 2. The second kappa shape index (κ2) is 26.4. The van der Waals surface area contributed by atoms with Gasteiger partial charge in [-0.05, 0) is 68.1 Å². The summed E-state index contributed by atoms with van der Waals surface area (Å²) in [5.41, 5.74) is 16.2. The highest BCUT2D eigenvalue weighted by molar-refractivity contribution is 7.97. The average molecular weight is 895 g/mol. The predicted octanol–water partition coefficient (Wildman–Crippen LogP) is 5.86. The maximum Gasteiger partial charge on any atom is 0.227 e. The van der Waals surface area contributed by atoms with Crippen LogP contribution in [0.25, 0.3) is 16.5 Å². The minimum atomic E-state index is -0.172. The monoisotopic (exact) mass is 895 g/mol. The molecule has 18 heteroatoms. The number of fused-ring (bicyclic) bond motifs is 1. The zero-order valence-electron chi connectivity index (χ0n) is 38.9. The number of carbonyl (C=O) groups is 2. The van der Waals surface area contributed by atoms with Gasteiger partial charge in [0.05, 0.1) is 18.3 Å². The van der Waals surface area contributed by atoms with E-state index in [1.54, 1.807) is 6.08 Å². The number of amides is 2. The number of ether oxygens (including phenoxy) is 1. The number of nitrogens with zero attached hydrogens (tertiary/aromatic N) is 9. The third kappa shape index (κ3) is 14.6. The lowest BCUT2D eigenvalue weighted by Crippen LogP contribution is -2.52. The molecule has 2 aliphatic rings. The number of nitrogens with one attached hydrogen (secondary N) is 2. The topological polar surface area (TPSA) is 190 Å². The fourth-order valence-corrected chi connectivity index (χ4v) is 8.57. The lowest BCUT2D eigenvalue weighted by atomic mass is 9.61. The Bertz CT molecular complexity index is 2240. The number of piperazine rings is 1. The number of aryl methyl sites for hydroxylation is 1. The quantitative estimate of drug-likeness (QED) is 0.0248. The molecule has 2 amide bonds. The number of hydrogen-bond acceptors (Lipinski definition) is 13. The van der Waals surface area contributed by atoms with Crippen LogP contribution in [0.1, 0.15) is 72.1 Å². The molecule has 2 aliphatic heterocycles. The molecule has 2 atom stereocenters. The molecule has 6 rings (SSSR count). The maximum atomic E-state index is 12.3. The zero-order valence-corrected chi connectivity index (χ0v) is 39.7. The van der Waals surface area contributed by atoms with Crippen molar-refractivity contribution in [1.82, 2.24) is 34.0 Å². The predicted molar refractivity (Wildman–Crippen MR) is 264 cm³/mol. The van der Waals surface area contributed by atoms with Gasteiger partial charge in [0.2, 0.25) is 12.3 Å². The first-order chi connectivity index (χ1) is 30.9. The van der Waals surface area contributed by atoms with Gasteiger partial charge in [0.1, 0.15) is 19.3 Å². The smallest absolute Gasteiger partial charge is 0.227 e. The Morgan fingerprint density at radius 3 is 2.58 bits per heavy atom. The summed E-state index contributed by atoms with van der Waals surface area (Å²) in [4.78, 5) is 37.6. The minimum absolute atomic E-state index is 0.0771. The number of carbonyl (C=O) groups excluding carboxylic acids is 2. The molecule has 2 aromatic carbocycles. The summed E-state index contributed by atoms with van der Waals surface area (Å²) in [6.45, 7) is 26.4. The number of nitrogens with two attached hydrogens (primary N) is 2. The van der Waals surface area contributed by atoms with Crippen molar-refractivity contribution in [2.24, 2.45) is 28.6 Å². The standard InChI is InChI=1S/C30H41BN7O2S.C13H20N6O.C3H8/c1-4-24-20-37(25-8-9-27-28(17-25)35(3)34-30(27)33-29(40)10-12-32-21-39)15-14-36(24)19-23-6-5-7-26(16-23)41-38-13-11-31-22(2)18-38;1-5-10(6-14)11-12(20-9(2)3)13(17-7-15)19(16-4)8-18-11;1-3-2/h5-9,16-17,21-22,24H,4,10-15,18-20H2,1-3H3,(H,32,39)(H,33,34,40);5-6,8-9H,1,4,7,14-15H2,2-3H3;3H2,1-2H3/b;10-6+,17-13-;. The number of hydrogen-bond donors (Lipinski definition) is 4. The molecule has 0 saturated carbocycles. The van der Waals surface area contributed by atoms with E-state index < -0.39 is 0 Å². The second-order valence-electron chi connectivity index (χ2n) is 15.9. The summed E-state index contributed by atoms with van der Waals surface area (Å²) >= 11 is 1.90. The van der Waals surface area contributed by atoms with Crippen LogP contribution in [0.3, 0.4) is 0 Å². The van der Waals surface area contributed by atoms with E-state index in [2.05, 4.69) is 136 Å². The summed E-state index contributed by atoms with van der Waals surface area (Å²) < 4.78 is 11.5. The van der Waals surface area contributed by atoms with Gasteiger partial charge >= 0.3 is 0 Å². The molecular weight excluding hydrogens is 825 g/mol. The van der Waals surface area contributed by atoms with Crippen LogP contribution >= 0.6 is 11.9 Å². The average Bonchev–Trinajstić information content (AvgIpc) is 3.59. The van der Waals surface area contributed by atoms with Crippen LogP contribution in [0.4, 0.5) is 11.5 Å².